The average Bonchev–Trinajstić information content (AvgIpc) is 2.37. The van der Waals surface area contributed by atoms with Crippen molar-refractivity contribution in [2.75, 3.05) is 13.2 Å². The quantitative estimate of drug-likeness (QED) is 0.604. The van der Waals surface area contributed by atoms with Crippen LogP contribution in [0.4, 0.5) is 4.79 Å². The van der Waals surface area contributed by atoms with E-state index in [0.717, 1.165) is 6.42 Å². The molecular formula is C16H30O5. The lowest BCUT2D eigenvalue weighted by Crippen LogP contribution is -2.44. The van der Waals surface area contributed by atoms with Gasteiger partial charge in [-0.2, -0.15) is 0 Å². The molecule has 0 saturated heterocycles. The third kappa shape index (κ3) is 6.36. The van der Waals surface area contributed by atoms with Gasteiger partial charge in [-0.1, -0.05) is 27.2 Å². The first kappa shape index (κ1) is 19.7. The molecule has 0 fully saturated rings. The summed E-state index contributed by atoms with van der Waals surface area (Å²) in [6.45, 7) is 11.9. The van der Waals surface area contributed by atoms with Crippen molar-refractivity contribution < 1.29 is 23.8 Å². The summed E-state index contributed by atoms with van der Waals surface area (Å²) in [5, 5.41) is 0. The maximum Gasteiger partial charge on any atom is 0.508 e. The van der Waals surface area contributed by atoms with E-state index in [0.29, 0.717) is 19.4 Å². The molecule has 0 aliphatic rings. The summed E-state index contributed by atoms with van der Waals surface area (Å²) in [4.78, 5) is 24.0. The molecule has 0 aromatic rings. The summed E-state index contributed by atoms with van der Waals surface area (Å²) >= 11 is 0. The zero-order valence-electron chi connectivity index (χ0n) is 14.2. The van der Waals surface area contributed by atoms with Gasteiger partial charge in [-0.3, -0.25) is 4.79 Å². The number of carbonyl (C=O) groups is 2. The number of rotatable bonds is 9. The fraction of sp³-hybridized carbons (Fsp3) is 0.875. The molecule has 0 radical (unpaired) electrons. The molecule has 0 N–H and O–H groups in total. The number of carbonyl (C=O) groups excluding carboxylic acids is 2. The van der Waals surface area contributed by atoms with Crippen LogP contribution in [0.25, 0.3) is 0 Å². The summed E-state index contributed by atoms with van der Waals surface area (Å²) in [5.74, 6) is -0.0361. The second-order valence-electron chi connectivity index (χ2n) is 5.81. The Kier molecular flexibility index (Phi) is 9.06. The molecule has 0 bridgehead atoms. The van der Waals surface area contributed by atoms with E-state index < -0.39 is 17.7 Å². The van der Waals surface area contributed by atoms with Crippen molar-refractivity contribution in [1.82, 2.24) is 0 Å². The van der Waals surface area contributed by atoms with Gasteiger partial charge in [-0.05, 0) is 39.5 Å². The van der Waals surface area contributed by atoms with Crippen molar-refractivity contribution in [3.8, 4) is 0 Å². The summed E-state index contributed by atoms with van der Waals surface area (Å²) in [6.07, 6.45) is 0.728. The third-order valence-electron chi connectivity index (χ3n) is 3.34. The van der Waals surface area contributed by atoms with Gasteiger partial charge in [0.25, 0.3) is 0 Å². The van der Waals surface area contributed by atoms with E-state index in [1.165, 1.54) is 0 Å². The molecule has 0 heterocycles. The minimum absolute atomic E-state index is 0.248. The standard InChI is InChI=1S/C16H30O5/c1-7-10-13(21-15(18)20-9-3)16(6,11-12(4)5)14(17)19-8-2/h12-13H,7-11H2,1-6H3. The Bertz CT molecular complexity index is 327. The Balaban J connectivity index is 5.26. The van der Waals surface area contributed by atoms with Crippen LogP contribution in [0.5, 0.6) is 0 Å². The van der Waals surface area contributed by atoms with Crippen molar-refractivity contribution in [3.05, 3.63) is 0 Å². The smallest absolute Gasteiger partial charge is 0.465 e. The van der Waals surface area contributed by atoms with Gasteiger partial charge >= 0.3 is 12.1 Å². The van der Waals surface area contributed by atoms with E-state index in [2.05, 4.69) is 0 Å². The van der Waals surface area contributed by atoms with Crippen LogP contribution in [0.1, 0.15) is 60.8 Å². The SMILES string of the molecule is CCCC(OC(=O)OCC)C(C)(CC(C)C)C(=O)OCC. The van der Waals surface area contributed by atoms with Crippen LogP contribution < -0.4 is 0 Å². The van der Waals surface area contributed by atoms with Gasteiger partial charge in [0.2, 0.25) is 0 Å². The van der Waals surface area contributed by atoms with Crippen LogP contribution in [-0.2, 0) is 19.0 Å². The minimum atomic E-state index is -0.854. The molecule has 0 spiro atoms. The molecule has 2 atom stereocenters. The lowest BCUT2D eigenvalue weighted by molar-refractivity contribution is -0.164. The summed E-state index contributed by atoms with van der Waals surface area (Å²) in [5.41, 5.74) is -0.854. The number of esters is 1. The topological polar surface area (TPSA) is 61.8 Å². The molecule has 5 nitrogen and oxygen atoms in total. The lowest BCUT2D eigenvalue weighted by Gasteiger charge is -2.35. The largest absolute Gasteiger partial charge is 0.508 e. The van der Waals surface area contributed by atoms with Crippen molar-refractivity contribution in [3.63, 3.8) is 0 Å². The van der Waals surface area contributed by atoms with Crippen LogP contribution in [0, 0.1) is 11.3 Å². The second-order valence-corrected chi connectivity index (χ2v) is 5.81. The van der Waals surface area contributed by atoms with Gasteiger partial charge in [0.15, 0.2) is 0 Å². The molecule has 0 aliphatic heterocycles. The predicted molar refractivity (Wildman–Crippen MR) is 81.0 cm³/mol. The highest BCUT2D eigenvalue weighted by Gasteiger charge is 2.45. The van der Waals surface area contributed by atoms with Crippen molar-refractivity contribution in [2.24, 2.45) is 11.3 Å². The summed E-state index contributed by atoms with van der Waals surface area (Å²) in [7, 11) is 0. The Morgan fingerprint density at radius 1 is 1.05 bits per heavy atom. The lowest BCUT2D eigenvalue weighted by atomic mass is 9.75. The van der Waals surface area contributed by atoms with E-state index in [-0.39, 0.29) is 18.5 Å². The van der Waals surface area contributed by atoms with Crippen LogP contribution in [0.3, 0.4) is 0 Å². The monoisotopic (exact) mass is 302 g/mol. The number of hydrogen-bond donors (Lipinski definition) is 0. The Hall–Kier alpha value is -1.26. The normalized spacial score (nSPS) is 15.2. The Labute approximate surface area is 128 Å². The molecule has 21 heavy (non-hydrogen) atoms. The van der Waals surface area contributed by atoms with Gasteiger partial charge in [0, 0.05) is 0 Å². The van der Waals surface area contributed by atoms with Crippen molar-refractivity contribution in [1.29, 1.82) is 0 Å². The van der Waals surface area contributed by atoms with E-state index in [9.17, 15) is 9.59 Å². The zero-order valence-corrected chi connectivity index (χ0v) is 14.2. The van der Waals surface area contributed by atoms with Crippen LogP contribution in [-0.4, -0.2) is 31.4 Å². The third-order valence-corrected chi connectivity index (χ3v) is 3.34. The van der Waals surface area contributed by atoms with E-state index >= 15 is 0 Å². The highest BCUT2D eigenvalue weighted by Crippen LogP contribution is 2.36. The number of hydrogen-bond acceptors (Lipinski definition) is 5. The molecule has 0 aromatic heterocycles. The fourth-order valence-corrected chi connectivity index (χ4v) is 2.53. The average molecular weight is 302 g/mol. The van der Waals surface area contributed by atoms with E-state index in [4.69, 9.17) is 14.2 Å². The molecule has 0 saturated carbocycles. The minimum Gasteiger partial charge on any atom is -0.465 e. The molecular weight excluding hydrogens is 272 g/mol. The van der Waals surface area contributed by atoms with Crippen LogP contribution in [0.2, 0.25) is 0 Å². The van der Waals surface area contributed by atoms with Gasteiger partial charge < -0.3 is 14.2 Å². The fourth-order valence-electron chi connectivity index (χ4n) is 2.53. The first-order chi connectivity index (χ1) is 9.81. The molecule has 0 aromatic carbocycles. The van der Waals surface area contributed by atoms with E-state index in [1.807, 2.05) is 27.7 Å². The molecule has 0 amide bonds. The van der Waals surface area contributed by atoms with Gasteiger partial charge in [-0.25, -0.2) is 4.79 Å². The van der Waals surface area contributed by atoms with Gasteiger partial charge in [-0.15, -0.1) is 0 Å². The zero-order chi connectivity index (χ0) is 16.5. The number of ether oxygens (including phenoxy) is 3. The molecule has 124 valence electrons. The maximum atomic E-state index is 12.4. The first-order valence-electron chi connectivity index (χ1n) is 7.82. The van der Waals surface area contributed by atoms with Crippen molar-refractivity contribution >= 4 is 12.1 Å². The highest BCUT2D eigenvalue weighted by molar-refractivity contribution is 5.77. The van der Waals surface area contributed by atoms with Gasteiger partial charge in [0.05, 0.1) is 13.2 Å². The predicted octanol–water partition coefficient (Wildman–Crippen LogP) is 3.94. The Morgan fingerprint density at radius 2 is 1.62 bits per heavy atom. The Morgan fingerprint density at radius 3 is 2.05 bits per heavy atom. The molecule has 0 aliphatic carbocycles. The van der Waals surface area contributed by atoms with Crippen LogP contribution >= 0.6 is 0 Å². The van der Waals surface area contributed by atoms with Gasteiger partial charge in [0.1, 0.15) is 11.5 Å². The summed E-state index contributed by atoms with van der Waals surface area (Å²) < 4.78 is 15.5. The summed E-state index contributed by atoms with van der Waals surface area (Å²) in [6, 6.07) is 0. The molecule has 5 heteroatoms. The molecule has 0 rings (SSSR count). The van der Waals surface area contributed by atoms with Crippen LogP contribution in [0.15, 0.2) is 0 Å². The maximum absolute atomic E-state index is 12.4. The highest BCUT2D eigenvalue weighted by atomic mass is 16.7. The first-order valence-corrected chi connectivity index (χ1v) is 7.82. The second kappa shape index (κ2) is 9.64. The van der Waals surface area contributed by atoms with E-state index in [1.54, 1.807) is 13.8 Å². The molecule has 2 unspecified atom stereocenters. The van der Waals surface area contributed by atoms with Crippen molar-refractivity contribution in [2.45, 2.75) is 66.9 Å².